The number of nitrogens with zero attached hydrogens (tertiary/aromatic N) is 5. The molecule has 0 spiro atoms. The lowest BCUT2D eigenvalue weighted by atomic mass is 10.1. The molecule has 0 saturated carbocycles. The number of hydrogen-bond acceptors (Lipinski definition) is 12. The number of fused-ring (bicyclic) bond motifs is 2. The lowest BCUT2D eigenvalue weighted by Crippen LogP contribution is -2.46. The Balaban J connectivity index is 1.24. The van der Waals surface area contributed by atoms with Gasteiger partial charge in [0.15, 0.2) is 23.5 Å². The molecule has 14 nitrogen and oxygen atoms in total. The number of ether oxygens (including phenoxy) is 5. The highest BCUT2D eigenvalue weighted by Gasteiger charge is 2.56. The number of nitrogens with one attached hydrogen (secondary N) is 1. The number of imidazole rings is 1. The molecule has 2 aliphatic heterocycles. The predicted molar refractivity (Wildman–Crippen MR) is 159 cm³/mol. The van der Waals surface area contributed by atoms with Gasteiger partial charge in [-0.25, -0.2) is 24.5 Å². The van der Waals surface area contributed by atoms with Gasteiger partial charge >= 0.3 is 12.1 Å². The second-order valence-corrected chi connectivity index (χ2v) is 12.6. The number of carbonyl (C=O) groups is 2. The third-order valence-corrected chi connectivity index (χ3v) is 7.27. The molecule has 238 valence electrons. The van der Waals surface area contributed by atoms with Crippen molar-refractivity contribution >= 4 is 29.0 Å². The van der Waals surface area contributed by atoms with E-state index in [1.54, 1.807) is 31.7 Å². The first kappa shape index (κ1) is 31.6. The van der Waals surface area contributed by atoms with E-state index in [0.717, 1.165) is 5.56 Å². The number of nitrogens with two attached hydrogens (primary N) is 1. The van der Waals surface area contributed by atoms with Crippen molar-refractivity contribution in [2.24, 2.45) is 0 Å². The van der Waals surface area contributed by atoms with E-state index in [-0.39, 0.29) is 31.1 Å². The smallest absolute Gasteiger partial charge is 0.408 e. The zero-order valence-corrected chi connectivity index (χ0v) is 25.9. The molecule has 2 aromatic heterocycles. The fraction of sp³-hybridized carbons (Fsp3) is 0.567. The largest absolute Gasteiger partial charge is 0.458 e. The number of nitrogen functional groups attached to an aromatic ring is 1. The Hall–Kier alpha value is -3.85. The van der Waals surface area contributed by atoms with Crippen molar-refractivity contribution in [3.8, 4) is 0 Å². The van der Waals surface area contributed by atoms with Gasteiger partial charge in [-0.2, -0.15) is 0 Å². The van der Waals surface area contributed by atoms with Crippen molar-refractivity contribution in [1.82, 2.24) is 29.7 Å². The molecule has 2 fully saturated rings. The van der Waals surface area contributed by atoms with Gasteiger partial charge in [-0.1, -0.05) is 30.3 Å². The average molecular weight is 612 g/mol. The van der Waals surface area contributed by atoms with Crippen LogP contribution >= 0.6 is 0 Å². The van der Waals surface area contributed by atoms with Crippen LogP contribution in [-0.2, 0) is 35.1 Å². The molecule has 5 atom stereocenters. The van der Waals surface area contributed by atoms with Crippen molar-refractivity contribution in [2.45, 2.75) is 89.6 Å². The van der Waals surface area contributed by atoms with Crippen molar-refractivity contribution in [1.29, 1.82) is 0 Å². The van der Waals surface area contributed by atoms with Crippen molar-refractivity contribution in [3.63, 3.8) is 0 Å². The monoisotopic (exact) mass is 611 g/mol. The van der Waals surface area contributed by atoms with Gasteiger partial charge in [-0.3, -0.25) is 4.57 Å². The van der Waals surface area contributed by atoms with Crippen LogP contribution in [0.3, 0.4) is 0 Å². The molecule has 0 bridgehead atoms. The van der Waals surface area contributed by atoms with Gasteiger partial charge in [0.1, 0.15) is 48.4 Å². The minimum absolute atomic E-state index is 0.0829. The van der Waals surface area contributed by atoms with Gasteiger partial charge in [0.05, 0.1) is 6.33 Å². The Kier molecular flexibility index (Phi) is 9.07. The van der Waals surface area contributed by atoms with Crippen molar-refractivity contribution in [2.75, 3.05) is 25.9 Å². The fourth-order valence-corrected chi connectivity index (χ4v) is 5.36. The lowest BCUT2D eigenvalue weighted by Gasteiger charge is -2.28. The molecule has 1 unspecified atom stereocenters. The molecular formula is C30H41N7O7. The van der Waals surface area contributed by atoms with E-state index in [4.69, 9.17) is 29.4 Å². The molecule has 0 aliphatic carbocycles. The number of esters is 1. The number of rotatable bonds is 10. The quantitative estimate of drug-likeness (QED) is 0.323. The van der Waals surface area contributed by atoms with E-state index in [2.05, 4.69) is 20.3 Å². The van der Waals surface area contributed by atoms with Crippen LogP contribution in [0.4, 0.5) is 10.6 Å². The van der Waals surface area contributed by atoms with Crippen LogP contribution in [0, 0.1) is 0 Å². The molecule has 2 aliphatic rings. The van der Waals surface area contributed by atoms with Crippen LogP contribution < -0.4 is 11.1 Å². The van der Waals surface area contributed by atoms with Crippen LogP contribution in [0.5, 0.6) is 0 Å². The molecular weight excluding hydrogens is 570 g/mol. The summed E-state index contributed by atoms with van der Waals surface area (Å²) in [7, 11) is 1.91. The SMILES string of the molecule is CN(CCC(NC(=O)OCc1ccccc1)C(=O)OC(C)(C)C)C[C@H]1O[C@@H](n2cnc3c(N)ncnc32)[C@@H]2OC(C)(C)O[C@@H]21. The first-order chi connectivity index (χ1) is 20.8. The van der Waals surface area contributed by atoms with Crippen molar-refractivity contribution < 1.29 is 33.3 Å². The molecule has 0 radical (unpaired) electrons. The maximum atomic E-state index is 13.1. The Morgan fingerprint density at radius 1 is 1.14 bits per heavy atom. The van der Waals surface area contributed by atoms with Crippen LogP contribution in [0.1, 0.15) is 52.8 Å². The highest BCUT2D eigenvalue weighted by molar-refractivity contribution is 5.82. The maximum absolute atomic E-state index is 13.1. The minimum atomic E-state index is -0.919. The zero-order valence-electron chi connectivity index (χ0n) is 25.9. The van der Waals surface area contributed by atoms with Gasteiger partial charge in [-0.05, 0) is 53.7 Å². The highest BCUT2D eigenvalue weighted by Crippen LogP contribution is 2.44. The molecule has 14 heteroatoms. The van der Waals surface area contributed by atoms with E-state index >= 15 is 0 Å². The molecule has 3 aromatic rings. The zero-order chi connectivity index (χ0) is 31.6. The first-order valence-electron chi connectivity index (χ1n) is 14.6. The molecule has 44 heavy (non-hydrogen) atoms. The number of likely N-dealkylation sites (N-methyl/N-ethyl adjacent to an activating group) is 1. The lowest BCUT2D eigenvalue weighted by molar-refractivity contribution is -0.197. The summed E-state index contributed by atoms with van der Waals surface area (Å²) >= 11 is 0. The molecule has 1 aromatic carbocycles. The van der Waals surface area contributed by atoms with E-state index in [0.29, 0.717) is 24.3 Å². The second-order valence-electron chi connectivity index (χ2n) is 12.6. The standard InChI is InChI=1S/C30H41N7O7/c1-29(2,3)44-27(38)19(35-28(39)40-15-18-10-8-7-9-11-18)12-13-36(6)14-20-22-23(43-30(4,5)42-22)26(41-20)37-17-34-21-24(31)32-16-33-25(21)37/h7-11,16-17,19-20,22-23,26H,12-15H2,1-6H3,(H,35,39)(H2,31,32,33)/t19?,20-,22-,23-,26-/m1/s1. The van der Waals surface area contributed by atoms with E-state index in [9.17, 15) is 9.59 Å². The molecule has 4 heterocycles. The Bertz CT molecular complexity index is 1460. The summed E-state index contributed by atoms with van der Waals surface area (Å²) < 4.78 is 31.8. The number of benzene rings is 1. The van der Waals surface area contributed by atoms with Gasteiger partial charge in [0.25, 0.3) is 0 Å². The normalized spacial score (nSPS) is 23.4. The van der Waals surface area contributed by atoms with Gasteiger partial charge in [-0.15, -0.1) is 0 Å². The minimum Gasteiger partial charge on any atom is -0.458 e. The molecule has 2 saturated heterocycles. The summed E-state index contributed by atoms with van der Waals surface area (Å²) in [4.78, 5) is 40.5. The molecule has 3 N–H and O–H groups in total. The number of hydrogen-bond donors (Lipinski definition) is 2. The second kappa shape index (κ2) is 12.6. The maximum Gasteiger partial charge on any atom is 0.408 e. The number of alkyl carbamates (subject to hydrolysis) is 1. The fourth-order valence-electron chi connectivity index (χ4n) is 5.36. The van der Waals surface area contributed by atoms with Crippen LogP contribution in [0.2, 0.25) is 0 Å². The number of amides is 1. The number of carbonyl (C=O) groups excluding carboxylic acids is 2. The van der Waals surface area contributed by atoms with E-state index in [1.807, 2.05) is 56.1 Å². The summed E-state index contributed by atoms with van der Waals surface area (Å²) in [5.74, 6) is -1.08. The van der Waals surface area contributed by atoms with Crippen LogP contribution in [0.25, 0.3) is 11.2 Å². The predicted octanol–water partition coefficient (Wildman–Crippen LogP) is 2.78. The van der Waals surface area contributed by atoms with Crippen molar-refractivity contribution in [3.05, 3.63) is 48.5 Å². The third kappa shape index (κ3) is 7.44. The summed E-state index contributed by atoms with van der Waals surface area (Å²) in [6.07, 6.45) is 0.846. The summed E-state index contributed by atoms with van der Waals surface area (Å²) in [6, 6.07) is 8.39. The summed E-state index contributed by atoms with van der Waals surface area (Å²) in [5.41, 5.74) is 7.13. The first-order valence-corrected chi connectivity index (χ1v) is 14.6. The summed E-state index contributed by atoms with van der Waals surface area (Å²) in [5, 5.41) is 2.68. The summed E-state index contributed by atoms with van der Waals surface area (Å²) in [6.45, 7) is 10.0. The van der Waals surface area contributed by atoms with Gasteiger partial charge in [0.2, 0.25) is 0 Å². The average Bonchev–Trinajstić information content (AvgIpc) is 3.61. The topological polar surface area (TPSA) is 165 Å². The highest BCUT2D eigenvalue weighted by atomic mass is 16.8. The van der Waals surface area contributed by atoms with Gasteiger partial charge in [0, 0.05) is 13.1 Å². The molecule has 1 amide bonds. The van der Waals surface area contributed by atoms with Crippen LogP contribution in [0.15, 0.2) is 43.0 Å². The van der Waals surface area contributed by atoms with E-state index < -0.39 is 41.8 Å². The number of aromatic nitrogens is 4. The van der Waals surface area contributed by atoms with Crippen LogP contribution in [-0.4, -0.2) is 92.4 Å². The molecule has 5 rings (SSSR count). The number of anilines is 1. The van der Waals surface area contributed by atoms with Gasteiger partial charge < -0.3 is 39.6 Å². The Labute approximate surface area is 256 Å². The Morgan fingerprint density at radius 3 is 2.59 bits per heavy atom. The Morgan fingerprint density at radius 2 is 1.86 bits per heavy atom. The van der Waals surface area contributed by atoms with E-state index in [1.165, 1.54) is 6.33 Å². The third-order valence-electron chi connectivity index (χ3n) is 7.27.